The SMILES string of the molecule is CCCCCCCCNS(=O)(=O)c1ccc(CCN)s1. The molecular weight excluding hydrogens is 292 g/mol. The smallest absolute Gasteiger partial charge is 0.250 e. The van der Waals surface area contributed by atoms with E-state index in [-0.39, 0.29) is 0 Å². The maximum absolute atomic E-state index is 12.1. The highest BCUT2D eigenvalue weighted by atomic mass is 32.2. The molecule has 0 fully saturated rings. The molecule has 1 heterocycles. The predicted octanol–water partition coefficient (Wildman–Crippen LogP) is 2.89. The predicted molar refractivity (Wildman–Crippen MR) is 85.6 cm³/mol. The van der Waals surface area contributed by atoms with Gasteiger partial charge in [-0.05, 0) is 31.5 Å². The van der Waals surface area contributed by atoms with Gasteiger partial charge in [-0.15, -0.1) is 11.3 Å². The van der Waals surface area contributed by atoms with Crippen LogP contribution >= 0.6 is 11.3 Å². The number of nitrogens with two attached hydrogens (primary N) is 1. The molecule has 0 aliphatic rings. The second-order valence-corrected chi connectivity index (χ2v) is 8.09. The largest absolute Gasteiger partial charge is 0.330 e. The highest BCUT2D eigenvalue weighted by molar-refractivity contribution is 7.91. The van der Waals surface area contributed by atoms with Crippen molar-refractivity contribution in [2.45, 2.75) is 56.1 Å². The summed E-state index contributed by atoms with van der Waals surface area (Å²) in [5.41, 5.74) is 5.47. The van der Waals surface area contributed by atoms with Crippen LogP contribution in [0, 0.1) is 0 Å². The Bertz CT molecular complexity index is 469. The van der Waals surface area contributed by atoms with Gasteiger partial charge in [-0.25, -0.2) is 13.1 Å². The highest BCUT2D eigenvalue weighted by Crippen LogP contribution is 2.21. The van der Waals surface area contributed by atoms with E-state index < -0.39 is 10.0 Å². The fourth-order valence-corrected chi connectivity index (χ4v) is 4.45. The first-order chi connectivity index (χ1) is 9.60. The lowest BCUT2D eigenvalue weighted by Crippen LogP contribution is -2.23. The number of sulfonamides is 1. The van der Waals surface area contributed by atoms with Crippen LogP contribution in [0.3, 0.4) is 0 Å². The number of hydrogen-bond acceptors (Lipinski definition) is 4. The van der Waals surface area contributed by atoms with Gasteiger partial charge in [-0.3, -0.25) is 0 Å². The van der Waals surface area contributed by atoms with Crippen molar-refractivity contribution in [3.63, 3.8) is 0 Å². The fraction of sp³-hybridized carbons (Fsp3) is 0.714. The number of thiophene rings is 1. The summed E-state index contributed by atoms with van der Waals surface area (Å²) >= 11 is 1.31. The molecule has 1 aromatic heterocycles. The molecule has 0 amide bonds. The zero-order valence-corrected chi connectivity index (χ0v) is 13.9. The zero-order valence-electron chi connectivity index (χ0n) is 12.2. The average molecular weight is 319 g/mol. The molecule has 0 spiro atoms. The van der Waals surface area contributed by atoms with Gasteiger partial charge in [0.05, 0.1) is 0 Å². The molecule has 0 saturated heterocycles. The third-order valence-corrected chi connectivity index (χ3v) is 6.21. The first-order valence-corrected chi connectivity index (χ1v) is 9.68. The topological polar surface area (TPSA) is 72.2 Å². The highest BCUT2D eigenvalue weighted by Gasteiger charge is 2.15. The minimum atomic E-state index is -3.33. The van der Waals surface area contributed by atoms with Crippen LogP contribution in [-0.4, -0.2) is 21.5 Å². The van der Waals surface area contributed by atoms with E-state index in [1.54, 1.807) is 6.07 Å². The van der Waals surface area contributed by atoms with Crippen molar-refractivity contribution in [3.8, 4) is 0 Å². The molecule has 0 bridgehead atoms. The zero-order chi connectivity index (χ0) is 14.8. The summed E-state index contributed by atoms with van der Waals surface area (Å²) in [6.07, 6.45) is 7.67. The molecular formula is C14H26N2O2S2. The van der Waals surface area contributed by atoms with Crippen molar-refractivity contribution in [2.24, 2.45) is 5.73 Å². The van der Waals surface area contributed by atoms with Crippen LogP contribution in [0.2, 0.25) is 0 Å². The number of rotatable bonds is 11. The van der Waals surface area contributed by atoms with Crippen LogP contribution in [0.1, 0.15) is 50.3 Å². The van der Waals surface area contributed by atoms with E-state index >= 15 is 0 Å². The van der Waals surface area contributed by atoms with Gasteiger partial charge >= 0.3 is 0 Å². The molecule has 20 heavy (non-hydrogen) atoms. The van der Waals surface area contributed by atoms with Gasteiger partial charge in [-0.2, -0.15) is 0 Å². The van der Waals surface area contributed by atoms with E-state index in [1.807, 2.05) is 6.07 Å². The quantitative estimate of drug-likeness (QED) is 0.616. The maximum Gasteiger partial charge on any atom is 0.250 e. The first-order valence-electron chi connectivity index (χ1n) is 7.38. The summed E-state index contributed by atoms with van der Waals surface area (Å²) in [6.45, 7) is 3.26. The van der Waals surface area contributed by atoms with E-state index in [4.69, 9.17) is 5.73 Å². The third-order valence-electron chi connectivity index (χ3n) is 3.12. The van der Waals surface area contributed by atoms with Gasteiger partial charge in [0.1, 0.15) is 4.21 Å². The minimum Gasteiger partial charge on any atom is -0.330 e. The van der Waals surface area contributed by atoms with E-state index in [9.17, 15) is 8.42 Å². The maximum atomic E-state index is 12.1. The molecule has 0 atom stereocenters. The van der Waals surface area contributed by atoms with Crippen molar-refractivity contribution in [1.29, 1.82) is 0 Å². The van der Waals surface area contributed by atoms with E-state index in [2.05, 4.69) is 11.6 Å². The standard InChI is InChI=1S/C14H26N2O2S2/c1-2-3-4-5-6-7-12-16-20(17,18)14-9-8-13(19-14)10-11-15/h8-9,16H,2-7,10-12,15H2,1H3. The monoisotopic (exact) mass is 318 g/mol. The van der Waals surface area contributed by atoms with Crippen molar-refractivity contribution in [1.82, 2.24) is 4.72 Å². The Balaban J connectivity index is 2.30. The van der Waals surface area contributed by atoms with Gasteiger partial charge in [0.15, 0.2) is 0 Å². The summed E-state index contributed by atoms with van der Waals surface area (Å²) in [4.78, 5) is 1.02. The fourth-order valence-electron chi connectivity index (χ4n) is 1.96. The summed E-state index contributed by atoms with van der Waals surface area (Å²) in [5.74, 6) is 0. The Kier molecular flexibility index (Phi) is 8.37. The van der Waals surface area contributed by atoms with E-state index in [0.29, 0.717) is 17.3 Å². The van der Waals surface area contributed by atoms with Gasteiger partial charge in [0.25, 0.3) is 0 Å². The molecule has 0 saturated carbocycles. The first kappa shape index (κ1) is 17.6. The van der Waals surface area contributed by atoms with Crippen molar-refractivity contribution < 1.29 is 8.42 Å². The second kappa shape index (κ2) is 9.50. The van der Waals surface area contributed by atoms with E-state index in [0.717, 1.165) is 24.1 Å². The summed E-state index contributed by atoms with van der Waals surface area (Å²) in [6, 6.07) is 3.51. The lowest BCUT2D eigenvalue weighted by atomic mass is 10.1. The van der Waals surface area contributed by atoms with E-state index in [1.165, 1.54) is 37.0 Å². The molecule has 0 aliphatic carbocycles. The Morgan fingerprint density at radius 3 is 2.55 bits per heavy atom. The Morgan fingerprint density at radius 2 is 1.85 bits per heavy atom. The van der Waals surface area contributed by atoms with Crippen molar-refractivity contribution in [2.75, 3.05) is 13.1 Å². The molecule has 0 aliphatic heterocycles. The molecule has 1 rings (SSSR count). The van der Waals surface area contributed by atoms with Crippen LogP contribution in [0.25, 0.3) is 0 Å². The van der Waals surface area contributed by atoms with Crippen LogP contribution < -0.4 is 10.5 Å². The van der Waals surface area contributed by atoms with Gasteiger partial charge in [-0.1, -0.05) is 39.0 Å². The molecule has 6 heteroatoms. The molecule has 1 aromatic rings. The minimum absolute atomic E-state index is 0.395. The van der Waals surface area contributed by atoms with Gasteiger partial charge in [0, 0.05) is 11.4 Å². The molecule has 4 nitrogen and oxygen atoms in total. The average Bonchev–Trinajstić information content (AvgIpc) is 2.88. The lowest BCUT2D eigenvalue weighted by Gasteiger charge is -2.04. The second-order valence-electron chi connectivity index (χ2n) is 4.92. The van der Waals surface area contributed by atoms with Crippen LogP contribution in [0.15, 0.2) is 16.3 Å². The normalized spacial score (nSPS) is 11.9. The van der Waals surface area contributed by atoms with Crippen molar-refractivity contribution >= 4 is 21.4 Å². The summed E-state index contributed by atoms with van der Waals surface area (Å²) < 4.78 is 27.2. The van der Waals surface area contributed by atoms with Crippen molar-refractivity contribution in [3.05, 3.63) is 17.0 Å². The summed E-state index contributed by atoms with van der Waals surface area (Å²) in [5, 5.41) is 0. The number of nitrogens with one attached hydrogen (secondary N) is 1. The van der Waals surface area contributed by atoms with Crippen LogP contribution in [0.4, 0.5) is 0 Å². The lowest BCUT2D eigenvalue weighted by molar-refractivity contribution is 0.569. The molecule has 3 N–H and O–H groups in total. The summed E-state index contributed by atoms with van der Waals surface area (Å²) in [7, 11) is -3.33. The Labute approximate surface area is 126 Å². The van der Waals surface area contributed by atoms with Crippen LogP contribution in [-0.2, 0) is 16.4 Å². The van der Waals surface area contributed by atoms with Gasteiger partial charge in [0.2, 0.25) is 10.0 Å². The third kappa shape index (κ3) is 6.35. The number of unbranched alkanes of at least 4 members (excludes halogenated alkanes) is 5. The van der Waals surface area contributed by atoms with Gasteiger partial charge < -0.3 is 5.73 Å². The molecule has 0 aromatic carbocycles. The number of hydrogen-bond donors (Lipinski definition) is 2. The Morgan fingerprint density at radius 1 is 1.15 bits per heavy atom. The molecule has 0 radical (unpaired) electrons. The molecule has 116 valence electrons. The Hall–Kier alpha value is -0.430. The van der Waals surface area contributed by atoms with Crippen LogP contribution in [0.5, 0.6) is 0 Å². The molecule has 0 unspecified atom stereocenters.